The van der Waals surface area contributed by atoms with Gasteiger partial charge in [0.15, 0.2) is 5.82 Å². The number of fused-ring (bicyclic) bond motifs is 1. The minimum Gasteiger partial charge on any atom is -0.342 e. The number of imidazole rings is 1. The van der Waals surface area contributed by atoms with Gasteiger partial charge in [-0.25, -0.2) is 13.8 Å². The molecule has 7 nitrogen and oxygen atoms in total. The van der Waals surface area contributed by atoms with Gasteiger partial charge in [-0.05, 0) is 48.4 Å². The van der Waals surface area contributed by atoms with Gasteiger partial charge in [-0.1, -0.05) is 6.07 Å². The fraction of sp³-hybridized carbons (Fsp3) is 0.182. The molecule has 0 spiro atoms. The van der Waals surface area contributed by atoms with E-state index in [1.54, 1.807) is 13.0 Å². The number of hydrogen-bond donors (Lipinski definition) is 2. The zero-order valence-electron chi connectivity index (χ0n) is 17.3. The van der Waals surface area contributed by atoms with Gasteiger partial charge in [0, 0.05) is 5.56 Å². The van der Waals surface area contributed by atoms with Crippen LogP contribution in [0.3, 0.4) is 0 Å². The van der Waals surface area contributed by atoms with Crippen LogP contribution in [0.4, 0.5) is 27.8 Å². The number of halogens is 5. The van der Waals surface area contributed by atoms with Crippen molar-refractivity contribution >= 4 is 17.6 Å². The molecule has 2 amide bonds. The summed E-state index contributed by atoms with van der Waals surface area (Å²) in [4.78, 5) is 29.0. The molecule has 1 atom stereocenters. The number of carbonyl (C=O) groups excluding carboxylic acids is 2. The highest BCUT2D eigenvalue weighted by atomic mass is 19.4. The van der Waals surface area contributed by atoms with Crippen LogP contribution in [0.1, 0.15) is 44.6 Å². The molecule has 12 heteroatoms. The first-order chi connectivity index (χ1) is 16.0. The quantitative estimate of drug-likeness (QED) is 0.563. The van der Waals surface area contributed by atoms with Gasteiger partial charge in [-0.15, -0.1) is 0 Å². The van der Waals surface area contributed by atoms with Crippen molar-refractivity contribution in [2.45, 2.75) is 25.7 Å². The van der Waals surface area contributed by atoms with E-state index in [1.165, 1.54) is 22.8 Å². The topological polar surface area (TPSA) is 99.8 Å². The molecule has 2 N–H and O–H groups in total. The molecule has 34 heavy (non-hydrogen) atoms. The number of benzene rings is 2. The number of alkyl halides is 3. The molecule has 174 valence electrons. The molecule has 0 aliphatic carbocycles. The molecule has 0 fully saturated rings. The Kier molecular flexibility index (Phi) is 5.56. The molecular formula is C22H14F5N5O2. The molecule has 4 rings (SSSR count). The van der Waals surface area contributed by atoms with Gasteiger partial charge in [-0.3, -0.25) is 9.59 Å². The lowest BCUT2D eigenvalue weighted by atomic mass is 9.96. The van der Waals surface area contributed by atoms with E-state index in [0.717, 1.165) is 0 Å². The van der Waals surface area contributed by atoms with Gasteiger partial charge in [0.1, 0.15) is 24.2 Å². The SMILES string of the molecule is Cc1ccc(F)cc1C1NC(=O)Cn2c(C#N)nc(NC(=O)c3cc(F)cc(C(F)(F)F)c3)c21. The highest BCUT2D eigenvalue weighted by Gasteiger charge is 2.35. The second-order valence-electron chi connectivity index (χ2n) is 7.55. The Morgan fingerprint density at radius 3 is 2.62 bits per heavy atom. The van der Waals surface area contributed by atoms with E-state index in [1.807, 2.05) is 0 Å². The largest absolute Gasteiger partial charge is 0.416 e. The standard InChI is InChI=1S/C22H14F5N5O2/c1-10-2-3-13(23)7-15(10)18-19-20(29-16(8-28)32(19)9-17(33)30-18)31-21(34)11-4-12(22(25,26)27)6-14(24)5-11/h2-7,18H,9H2,1H3,(H,30,33)(H,31,34). The van der Waals surface area contributed by atoms with Gasteiger partial charge >= 0.3 is 6.18 Å². The van der Waals surface area contributed by atoms with Crippen molar-refractivity contribution in [2.24, 2.45) is 0 Å². The lowest BCUT2D eigenvalue weighted by Gasteiger charge is -2.28. The summed E-state index contributed by atoms with van der Waals surface area (Å²) in [7, 11) is 0. The lowest BCUT2D eigenvalue weighted by molar-refractivity contribution is -0.137. The highest BCUT2D eigenvalue weighted by molar-refractivity contribution is 6.04. The molecule has 0 bridgehead atoms. The van der Waals surface area contributed by atoms with Crippen molar-refractivity contribution in [2.75, 3.05) is 5.32 Å². The van der Waals surface area contributed by atoms with Crippen molar-refractivity contribution in [1.82, 2.24) is 14.9 Å². The van der Waals surface area contributed by atoms with E-state index in [9.17, 15) is 36.8 Å². The van der Waals surface area contributed by atoms with E-state index in [4.69, 9.17) is 0 Å². The molecule has 1 aliphatic heterocycles. The first-order valence-corrected chi connectivity index (χ1v) is 9.73. The summed E-state index contributed by atoms with van der Waals surface area (Å²) < 4.78 is 68.1. The minimum atomic E-state index is -4.89. The van der Waals surface area contributed by atoms with E-state index in [2.05, 4.69) is 15.6 Å². The Hall–Kier alpha value is -4.27. The molecule has 1 unspecified atom stereocenters. The minimum absolute atomic E-state index is 0.116. The van der Waals surface area contributed by atoms with E-state index in [-0.39, 0.29) is 29.9 Å². The van der Waals surface area contributed by atoms with Gasteiger partial charge in [-0.2, -0.15) is 18.4 Å². The Morgan fingerprint density at radius 2 is 1.94 bits per heavy atom. The van der Waals surface area contributed by atoms with Crippen molar-refractivity contribution in [3.63, 3.8) is 0 Å². The number of nitriles is 1. The van der Waals surface area contributed by atoms with Crippen LogP contribution in [0.2, 0.25) is 0 Å². The Labute approximate surface area is 188 Å². The fourth-order valence-electron chi connectivity index (χ4n) is 3.73. The molecule has 0 radical (unpaired) electrons. The maximum atomic E-state index is 14.0. The summed E-state index contributed by atoms with van der Waals surface area (Å²) in [5.41, 5.74) is -0.976. The predicted molar refractivity (Wildman–Crippen MR) is 107 cm³/mol. The number of amides is 2. The Balaban J connectivity index is 1.80. The second-order valence-corrected chi connectivity index (χ2v) is 7.55. The summed E-state index contributed by atoms with van der Waals surface area (Å²) in [6.07, 6.45) is -4.89. The lowest BCUT2D eigenvalue weighted by Crippen LogP contribution is -2.40. The summed E-state index contributed by atoms with van der Waals surface area (Å²) in [6, 6.07) is 5.96. The number of aromatic nitrogens is 2. The van der Waals surface area contributed by atoms with Crippen molar-refractivity contribution in [1.29, 1.82) is 5.26 Å². The van der Waals surface area contributed by atoms with Crippen LogP contribution in [-0.2, 0) is 17.5 Å². The first-order valence-electron chi connectivity index (χ1n) is 9.73. The Morgan fingerprint density at radius 1 is 1.21 bits per heavy atom. The van der Waals surface area contributed by atoms with E-state index in [0.29, 0.717) is 23.3 Å². The zero-order chi connectivity index (χ0) is 24.8. The molecular weight excluding hydrogens is 461 g/mol. The monoisotopic (exact) mass is 475 g/mol. The summed E-state index contributed by atoms with van der Waals surface area (Å²) in [6.45, 7) is 1.33. The number of aryl methyl sites for hydroxylation is 1. The molecule has 2 heterocycles. The maximum Gasteiger partial charge on any atom is 0.416 e. The highest BCUT2D eigenvalue weighted by Crippen LogP contribution is 2.35. The normalized spacial score (nSPS) is 15.3. The van der Waals surface area contributed by atoms with Crippen LogP contribution >= 0.6 is 0 Å². The summed E-state index contributed by atoms with van der Waals surface area (Å²) in [5, 5.41) is 14.4. The van der Waals surface area contributed by atoms with Crippen molar-refractivity contribution < 1.29 is 31.5 Å². The molecule has 1 aromatic heterocycles. The average molecular weight is 475 g/mol. The molecule has 2 aromatic carbocycles. The smallest absolute Gasteiger partial charge is 0.342 e. The van der Waals surface area contributed by atoms with Gasteiger partial charge in [0.05, 0.1) is 17.3 Å². The van der Waals surface area contributed by atoms with Crippen molar-refractivity contribution in [3.8, 4) is 6.07 Å². The van der Waals surface area contributed by atoms with Crippen LogP contribution in [0.15, 0.2) is 36.4 Å². The molecule has 1 aliphatic rings. The van der Waals surface area contributed by atoms with Crippen molar-refractivity contribution in [3.05, 3.63) is 81.8 Å². The van der Waals surface area contributed by atoms with Crippen LogP contribution in [-0.4, -0.2) is 21.4 Å². The Bertz CT molecular complexity index is 1370. The van der Waals surface area contributed by atoms with Gasteiger partial charge in [0.25, 0.3) is 5.91 Å². The zero-order valence-corrected chi connectivity index (χ0v) is 17.3. The van der Waals surface area contributed by atoms with Gasteiger partial charge < -0.3 is 15.2 Å². The van der Waals surface area contributed by atoms with Crippen LogP contribution in [0.5, 0.6) is 0 Å². The number of nitrogens with one attached hydrogen (secondary N) is 2. The van der Waals surface area contributed by atoms with Crippen LogP contribution in [0, 0.1) is 29.9 Å². The van der Waals surface area contributed by atoms with Crippen LogP contribution in [0.25, 0.3) is 0 Å². The third-order valence-corrected chi connectivity index (χ3v) is 5.26. The second kappa shape index (κ2) is 8.26. The third-order valence-electron chi connectivity index (χ3n) is 5.26. The predicted octanol–water partition coefficient (Wildman–Crippen LogP) is 3.83. The van der Waals surface area contributed by atoms with E-state index >= 15 is 0 Å². The van der Waals surface area contributed by atoms with E-state index < -0.39 is 46.8 Å². The summed E-state index contributed by atoms with van der Waals surface area (Å²) in [5.74, 6) is -4.00. The third kappa shape index (κ3) is 4.19. The van der Waals surface area contributed by atoms with Gasteiger partial charge in [0.2, 0.25) is 11.7 Å². The first kappa shape index (κ1) is 22.9. The number of hydrogen-bond acceptors (Lipinski definition) is 4. The molecule has 0 saturated carbocycles. The fourth-order valence-corrected chi connectivity index (χ4v) is 3.73. The molecule has 0 saturated heterocycles. The number of anilines is 1. The number of nitrogens with zero attached hydrogens (tertiary/aromatic N) is 3. The number of carbonyl (C=O) groups is 2. The number of rotatable bonds is 3. The summed E-state index contributed by atoms with van der Waals surface area (Å²) >= 11 is 0. The maximum absolute atomic E-state index is 14.0. The molecule has 3 aromatic rings. The van der Waals surface area contributed by atoms with Crippen LogP contribution < -0.4 is 10.6 Å². The average Bonchev–Trinajstić information content (AvgIpc) is 3.11.